The van der Waals surface area contributed by atoms with E-state index in [1.807, 2.05) is 27.7 Å². The van der Waals surface area contributed by atoms with Crippen LogP contribution in [0.25, 0.3) is 0 Å². The first-order valence-electron chi connectivity index (χ1n) is 13.8. The van der Waals surface area contributed by atoms with Crippen LogP contribution in [0, 0.1) is 30.5 Å². The molecule has 1 aliphatic heterocycles. The second kappa shape index (κ2) is 13.0. The highest BCUT2D eigenvalue weighted by molar-refractivity contribution is 8.00. The van der Waals surface area contributed by atoms with Crippen LogP contribution in [0.5, 0.6) is 0 Å². The van der Waals surface area contributed by atoms with Gasteiger partial charge in [-0.05, 0) is 68.4 Å². The molecule has 2 fully saturated rings. The molecule has 2 aliphatic carbocycles. The maximum Gasteiger partial charge on any atom is 0.207 e. The van der Waals surface area contributed by atoms with E-state index < -0.39 is 4.20 Å². The summed E-state index contributed by atoms with van der Waals surface area (Å²) in [7, 11) is 0. The number of anilines is 2. The summed E-state index contributed by atoms with van der Waals surface area (Å²) in [6.45, 7) is 19.4. The maximum atomic E-state index is 15.8. The van der Waals surface area contributed by atoms with E-state index in [1.54, 1.807) is 0 Å². The topological polar surface area (TPSA) is 44.3 Å². The Labute approximate surface area is 234 Å². The SMILES string of the molecule is C=C(C)C(S)(S)N1CCC(CNc2nc(C)nc(N(CC3=CCC(C)C=C3)C3CC3)c2F)C(C)C1.CC. The second-order valence-electron chi connectivity index (χ2n) is 10.7. The lowest BCUT2D eigenvalue weighted by molar-refractivity contribution is 0.126. The summed E-state index contributed by atoms with van der Waals surface area (Å²) in [6.07, 6.45) is 10.9. The number of hydrogen-bond donors (Lipinski definition) is 3. The summed E-state index contributed by atoms with van der Waals surface area (Å²) in [5, 5.41) is 3.34. The summed E-state index contributed by atoms with van der Waals surface area (Å²) in [5.74, 6) is 2.38. The summed E-state index contributed by atoms with van der Waals surface area (Å²) in [5.41, 5.74) is 2.16. The lowest BCUT2D eigenvalue weighted by Crippen LogP contribution is -2.49. The largest absolute Gasteiger partial charge is 0.367 e. The van der Waals surface area contributed by atoms with Crippen molar-refractivity contribution in [3.63, 3.8) is 0 Å². The van der Waals surface area contributed by atoms with E-state index in [4.69, 9.17) is 25.3 Å². The molecule has 1 N–H and O–H groups in total. The molecule has 8 heteroatoms. The Bertz CT molecular complexity index is 1000. The number of thiol groups is 2. The predicted molar refractivity (Wildman–Crippen MR) is 162 cm³/mol. The zero-order valence-electron chi connectivity index (χ0n) is 23.5. The van der Waals surface area contributed by atoms with E-state index in [0.717, 1.165) is 44.3 Å². The number of piperidine rings is 1. The lowest BCUT2D eigenvalue weighted by Gasteiger charge is -2.44. The number of likely N-dealkylation sites (tertiary alicyclic amines) is 1. The quantitative estimate of drug-likeness (QED) is 0.178. The van der Waals surface area contributed by atoms with Crippen molar-refractivity contribution >= 4 is 36.9 Å². The second-order valence-corrected chi connectivity index (χ2v) is 12.4. The Balaban J connectivity index is 0.00000186. The molecule has 3 atom stereocenters. The maximum absolute atomic E-state index is 15.8. The molecule has 0 radical (unpaired) electrons. The number of aryl methyl sites for hydroxylation is 1. The van der Waals surface area contributed by atoms with Crippen LogP contribution in [0.15, 0.2) is 36.0 Å². The zero-order chi connectivity index (χ0) is 27.3. The highest BCUT2D eigenvalue weighted by atomic mass is 32.2. The molecule has 0 amide bonds. The smallest absolute Gasteiger partial charge is 0.207 e. The van der Waals surface area contributed by atoms with Gasteiger partial charge in [0.25, 0.3) is 0 Å². The molecule has 1 aromatic rings. The highest BCUT2D eigenvalue weighted by Crippen LogP contribution is 2.38. The van der Waals surface area contributed by atoms with Crippen molar-refractivity contribution in [2.75, 3.05) is 36.4 Å². The number of rotatable bonds is 9. The fourth-order valence-corrected chi connectivity index (χ4v) is 5.34. The zero-order valence-corrected chi connectivity index (χ0v) is 25.3. The molecule has 3 unspecified atom stereocenters. The summed E-state index contributed by atoms with van der Waals surface area (Å²) >= 11 is 9.46. The van der Waals surface area contributed by atoms with Crippen molar-refractivity contribution < 1.29 is 4.39 Å². The third kappa shape index (κ3) is 7.54. The van der Waals surface area contributed by atoms with Gasteiger partial charge in [-0.2, -0.15) is 4.39 Å². The Morgan fingerprint density at radius 2 is 1.95 bits per heavy atom. The third-order valence-corrected chi connectivity index (χ3v) is 8.91. The van der Waals surface area contributed by atoms with Gasteiger partial charge in [0.05, 0.1) is 0 Å². The van der Waals surface area contributed by atoms with E-state index in [-0.39, 0.29) is 5.82 Å². The summed E-state index contributed by atoms with van der Waals surface area (Å²) < 4.78 is 15.2. The van der Waals surface area contributed by atoms with Crippen LogP contribution in [0.4, 0.5) is 16.0 Å². The molecule has 0 spiro atoms. The average Bonchev–Trinajstić information content (AvgIpc) is 3.71. The first-order valence-corrected chi connectivity index (χ1v) is 14.7. The van der Waals surface area contributed by atoms with Gasteiger partial charge in [0.15, 0.2) is 11.6 Å². The fraction of sp³-hybridized carbons (Fsp3) is 0.655. The standard InChI is InChI=1S/C27H40FN5S2.C2H6/c1-17(2)27(34,35)32-13-12-22(19(4)15-32)14-29-25-24(28)26(31-20(5)30-25)33(23-10-11-23)16-21-8-6-18(3)7-9-21;1-2/h6,8-9,18-19,22-23,34-35H,1,7,10-16H2,2-5H3,(H,29,30,31);1-2H3. The van der Waals surface area contributed by atoms with Gasteiger partial charge in [0.2, 0.25) is 5.82 Å². The molecule has 1 aromatic heterocycles. The Morgan fingerprint density at radius 1 is 1.24 bits per heavy atom. The average molecular weight is 548 g/mol. The molecular formula is C29H46FN5S2. The molecule has 1 saturated carbocycles. The van der Waals surface area contributed by atoms with Gasteiger partial charge < -0.3 is 10.2 Å². The number of aromatic nitrogens is 2. The molecule has 5 nitrogen and oxygen atoms in total. The summed E-state index contributed by atoms with van der Waals surface area (Å²) in [4.78, 5) is 13.4. The molecule has 2 heterocycles. The van der Waals surface area contributed by atoms with Crippen molar-refractivity contribution in [2.45, 2.75) is 77.5 Å². The van der Waals surface area contributed by atoms with Crippen LogP contribution in [-0.2, 0) is 0 Å². The molecule has 206 valence electrons. The van der Waals surface area contributed by atoms with Crippen molar-refractivity contribution in [2.24, 2.45) is 17.8 Å². The minimum atomic E-state index is -0.606. The van der Waals surface area contributed by atoms with E-state index in [9.17, 15) is 0 Å². The van der Waals surface area contributed by atoms with Crippen LogP contribution >= 0.6 is 25.3 Å². The van der Waals surface area contributed by atoms with Gasteiger partial charge in [-0.1, -0.05) is 52.5 Å². The minimum absolute atomic E-state index is 0.314. The lowest BCUT2D eigenvalue weighted by atomic mass is 9.86. The van der Waals surface area contributed by atoms with Gasteiger partial charge in [-0.15, -0.1) is 25.3 Å². The number of nitrogens with one attached hydrogen (secondary N) is 1. The van der Waals surface area contributed by atoms with Crippen LogP contribution in [-0.4, -0.2) is 51.3 Å². The van der Waals surface area contributed by atoms with Gasteiger partial charge in [-0.25, -0.2) is 9.97 Å². The van der Waals surface area contributed by atoms with Crippen molar-refractivity contribution in [1.82, 2.24) is 14.9 Å². The summed E-state index contributed by atoms with van der Waals surface area (Å²) in [6, 6.07) is 0.348. The molecule has 0 aromatic carbocycles. The van der Waals surface area contributed by atoms with Gasteiger partial charge in [0.1, 0.15) is 10.0 Å². The van der Waals surface area contributed by atoms with Gasteiger partial charge >= 0.3 is 0 Å². The third-order valence-electron chi connectivity index (χ3n) is 7.58. The normalized spacial score (nSPS) is 24.1. The van der Waals surface area contributed by atoms with Crippen LogP contribution in [0.3, 0.4) is 0 Å². The highest BCUT2D eigenvalue weighted by Gasteiger charge is 2.37. The van der Waals surface area contributed by atoms with Crippen molar-refractivity contribution in [3.8, 4) is 0 Å². The van der Waals surface area contributed by atoms with E-state index >= 15 is 4.39 Å². The molecule has 37 heavy (non-hydrogen) atoms. The van der Waals surface area contributed by atoms with Crippen molar-refractivity contribution in [1.29, 1.82) is 0 Å². The Hall–Kier alpha value is -1.51. The fourth-order valence-electron chi connectivity index (χ4n) is 4.98. The molecule has 3 aliphatic rings. The first kappa shape index (κ1) is 30.0. The molecule has 1 saturated heterocycles. The minimum Gasteiger partial charge on any atom is -0.367 e. The Kier molecular flexibility index (Phi) is 10.6. The first-order chi connectivity index (χ1) is 17.6. The predicted octanol–water partition coefficient (Wildman–Crippen LogP) is 6.90. The van der Waals surface area contributed by atoms with Crippen LogP contribution < -0.4 is 10.2 Å². The van der Waals surface area contributed by atoms with E-state index in [0.29, 0.717) is 54.3 Å². The van der Waals surface area contributed by atoms with Crippen LogP contribution in [0.2, 0.25) is 0 Å². The molecule has 0 bridgehead atoms. The van der Waals surface area contributed by atoms with Gasteiger partial charge in [0, 0.05) is 32.2 Å². The Morgan fingerprint density at radius 3 is 2.51 bits per heavy atom. The van der Waals surface area contributed by atoms with E-state index in [1.165, 1.54) is 5.57 Å². The van der Waals surface area contributed by atoms with Crippen molar-refractivity contribution in [3.05, 3.63) is 47.6 Å². The number of allylic oxidation sites excluding steroid dienone is 2. The molecule has 4 rings (SSSR count). The van der Waals surface area contributed by atoms with E-state index in [2.05, 4.69) is 63.7 Å². The number of hydrogen-bond acceptors (Lipinski definition) is 7. The van der Waals surface area contributed by atoms with Gasteiger partial charge in [-0.3, -0.25) is 4.90 Å². The monoisotopic (exact) mass is 547 g/mol. The van der Waals surface area contributed by atoms with Crippen LogP contribution in [0.1, 0.15) is 66.1 Å². The number of nitrogens with zero attached hydrogens (tertiary/aromatic N) is 4. The molecular weight excluding hydrogens is 501 g/mol. The number of halogens is 1.